The summed E-state index contributed by atoms with van der Waals surface area (Å²) >= 11 is 0. The van der Waals surface area contributed by atoms with E-state index in [1.54, 1.807) is 11.4 Å². The van der Waals surface area contributed by atoms with E-state index in [1.165, 1.54) is 11.6 Å². The van der Waals surface area contributed by atoms with Crippen LogP contribution in [0.4, 0.5) is 0 Å². The summed E-state index contributed by atoms with van der Waals surface area (Å²) in [5.74, 6) is 1.25. The summed E-state index contributed by atoms with van der Waals surface area (Å²) in [6, 6.07) is 0. The van der Waals surface area contributed by atoms with Crippen LogP contribution in [-0.4, -0.2) is 28.7 Å². The Hall–Kier alpha value is -2.38. The van der Waals surface area contributed by atoms with Crippen LogP contribution in [0.3, 0.4) is 0 Å². The molecule has 8 nitrogen and oxygen atoms in total. The van der Waals surface area contributed by atoms with Crippen molar-refractivity contribution in [2.75, 3.05) is 0 Å². The molecule has 100 valence electrons. The smallest absolute Gasteiger partial charge is 0.280 e. The first-order valence-corrected chi connectivity index (χ1v) is 6.07. The summed E-state index contributed by atoms with van der Waals surface area (Å²) in [4.78, 5) is 28.3. The maximum absolute atomic E-state index is 12.1. The molecule has 0 unspecified atom stereocenters. The summed E-state index contributed by atoms with van der Waals surface area (Å²) in [5, 5.41) is 6.96. The van der Waals surface area contributed by atoms with Crippen LogP contribution < -0.4 is 11.2 Å². The minimum absolute atomic E-state index is 0.274. The van der Waals surface area contributed by atoms with Crippen LogP contribution in [0, 0.1) is 0 Å². The summed E-state index contributed by atoms with van der Waals surface area (Å²) in [6.07, 6.45) is 1.66. The molecule has 0 aliphatic rings. The highest BCUT2D eigenvalue weighted by molar-refractivity contribution is 5.75. The Bertz CT molecular complexity index is 894. The molecule has 0 saturated heterocycles. The molecule has 0 radical (unpaired) electrons. The van der Waals surface area contributed by atoms with E-state index < -0.39 is 5.56 Å². The molecule has 3 aromatic rings. The van der Waals surface area contributed by atoms with E-state index in [4.69, 9.17) is 0 Å². The van der Waals surface area contributed by atoms with Crippen LogP contribution in [0.2, 0.25) is 0 Å². The van der Waals surface area contributed by atoms with Crippen molar-refractivity contribution in [2.24, 2.45) is 14.1 Å². The Balaban J connectivity index is 2.59. The van der Waals surface area contributed by atoms with Crippen molar-refractivity contribution < 1.29 is 0 Å². The number of aromatic amines is 1. The summed E-state index contributed by atoms with van der Waals surface area (Å²) in [5.41, 5.74) is -0.00324. The highest BCUT2D eigenvalue weighted by Crippen LogP contribution is 2.13. The van der Waals surface area contributed by atoms with Gasteiger partial charge in [0, 0.05) is 20.5 Å². The third-order valence-corrected chi connectivity index (χ3v) is 3.27. The molecule has 0 spiro atoms. The van der Waals surface area contributed by atoms with Gasteiger partial charge in [0.05, 0.1) is 0 Å². The predicted molar refractivity (Wildman–Crippen MR) is 69.3 cm³/mol. The number of rotatable bonds is 2. The lowest BCUT2D eigenvalue weighted by molar-refractivity contribution is 0.701. The highest BCUT2D eigenvalue weighted by atomic mass is 16.2. The van der Waals surface area contributed by atoms with E-state index in [0.717, 1.165) is 23.2 Å². The molecule has 0 atom stereocenters. The third kappa shape index (κ3) is 1.39. The van der Waals surface area contributed by atoms with Gasteiger partial charge in [-0.15, -0.1) is 0 Å². The standard InChI is InChI=1S/C11H14N6O2/c1-4-5-6-13-14-10-12-7-8(17(6)10)15(2)11(19)16(3)9(7)18/h4-5H2,1-3H3,(H,12,14). The lowest BCUT2D eigenvalue weighted by Gasteiger charge is -2.04. The molecule has 8 heteroatoms. The number of nitrogens with zero attached hydrogens (tertiary/aromatic N) is 5. The van der Waals surface area contributed by atoms with Crippen LogP contribution in [0.15, 0.2) is 9.59 Å². The van der Waals surface area contributed by atoms with Crippen LogP contribution in [0.1, 0.15) is 19.2 Å². The number of imidazole rings is 1. The monoisotopic (exact) mass is 262 g/mol. The van der Waals surface area contributed by atoms with Gasteiger partial charge in [-0.05, 0) is 6.42 Å². The van der Waals surface area contributed by atoms with Gasteiger partial charge in [0.25, 0.3) is 5.56 Å². The number of aryl methyl sites for hydroxylation is 2. The first-order valence-electron chi connectivity index (χ1n) is 6.07. The normalized spacial score (nSPS) is 11.7. The molecule has 0 aromatic carbocycles. The molecule has 3 rings (SSSR count). The Kier molecular flexibility index (Phi) is 2.34. The van der Waals surface area contributed by atoms with Crippen molar-refractivity contribution in [3.63, 3.8) is 0 Å². The first kappa shape index (κ1) is 11.7. The number of fused-ring (bicyclic) bond motifs is 3. The van der Waals surface area contributed by atoms with Gasteiger partial charge in [-0.3, -0.25) is 13.9 Å². The fraction of sp³-hybridized carbons (Fsp3) is 0.455. The zero-order valence-electron chi connectivity index (χ0n) is 11.0. The van der Waals surface area contributed by atoms with Crippen LogP contribution in [-0.2, 0) is 20.5 Å². The van der Waals surface area contributed by atoms with E-state index >= 15 is 0 Å². The van der Waals surface area contributed by atoms with Gasteiger partial charge < -0.3 is 0 Å². The fourth-order valence-corrected chi connectivity index (χ4v) is 2.30. The molecule has 3 heterocycles. The SMILES string of the molecule is CCCc1n[nH]c2nc3c(=O)n(C)c(=O)n(C)c3n12. The summed E-state index contributed by atoms with van der Waals surface area (Å²) < 4.78 is 4.22. The topological polar surface area (TPSA) is 90.0 Å². The summed E-state index contributed by atoms with van der Waals surface area (Å²) in [7, 11) is 3.07. The van der Waals surface area contributed by atoms with Gasteiger partial charge in [-0.1, -0.05) is 6.92 Å². The van der Waals surface area contributed by atoms with Gasteiger partial charge in [0.2, 0.25) is 5.78 Å². The molecular weight excluding hydrogens is 248 g/mol. The number of nitrogens with one attached hydrogen (secondary N) is 1. The van der Waals surface area contributed by atoms with Crippen molar-refractivity contribution in [3.05, 3.63) is 26.7 Å². The first-order chi connectivity index (χ1) is 9.06. The zero-order valence-corrected chi connectivity index (χ0v) is 11.0. The molecular formula is C11H14N6O2. The van der Waals surface area contributed by atoms with Crippen LogP contribution >= 0.6 is 0 Å². The van der Waals surface area contributed by atoms with Gasteiger partial charge in [0.1, 0.15) is 5.82 Å². The highest BCUT2D eigenvalue weighted by Gasteiger charge is 2.18. The van der Waals surface area contributed by atoms with E-state index in [9.17, 15) is 9.59 Å². The minimum Gasteiger partial charge on any atom is -0.280 e. The Morgan fingerprint density at radius 2 is 1.95 bits per heavy atom. The zero-order chi connectivity index (χ0) is 13.7. The predicted octanol–water partition coefficient (Wildman–Crippen LogP) is -0.439. The van der Waals surface area contributed by atoms with Crippen molar-refractivity contribution in [3.8, 4) is 0 Å². The summed E-state index contributed by atoms with van der Waals surface area (Å²) in [6.45, 7) is 2.04. The quantitative estimate of drug-likeness (QED) is 0.678. The molecule has 1 N–H and O–H groups in total. The average molecular weight is 262 g/mol. The van der Waals surface area contributed by atoms with Crippen molar-refractivity contribution >= 4 is 16.9 Å². The van der Waals surface area contributed by atoms with Crippen molar-refractivity contribution in [2.45, 2.75) is 19.8 Å². The second-order valence-corrected chi connectivity index (χ2v) is 4.54. The van der Waals surface area contributed by atoms with Crippen molar-refractivity contribution in [1.82, 2.24) is 28.7 Å². The third-order valence-electron chi connectivity index (χ3n) is 3.27. The van der Waals surface area contributed by atoms with Gasteiger partial charge >= 0.3 is 5.69 Å². The Morgan fingerprint density at radius 1 is 1.21 bits per heavy atom. The van der Waals surface area contributed by atoms with Crippen molar-refractivity contribution in [1.29, 1.82) is 0 Å². The molecule has 0 amide bonds. The molecule has 0 aliphatic carbocycles. The molecule has 0 bridgehead atoms. The van der Waals surface area contributed by atoms with Crippen LogP contribution in [0.25, 0.3) is 16.9 Å². The van der Waals surface area contributed by atoms with Gasteiger partial charge in [-0.25, -0.2) is 19.3 Å². The van der Waals surface area contributed by atoms with Crippen LogP contribution in [0.5, 0.6) is 0 Å². The maximum atomic E-state index is 12.1. The van der Waals surface area contributed by atoms with Gasteiger partial charge in [0.15, 0.2) is 11.2 Å². The lowest BCUT2D eigenvalue weighted by atomic mass is 10.3. The number of aromatic nitrogens is 6. The van der Waals surface area contributed by atoms with E-state index in [-0.39, 0.29) is 11.2 Å². The molecule has 0 aliphatic heterocycles. The largest absolute Gasteiger partial charge is 0.332 e. The number of hydrogen-bond acceptors (Lipinski definition) is 4. The van der Waals surface area contributed by atoms with E-state index in [0.29, 0.717) is 11.4 Å². The second-order valence-electron chi connectivity index (χ2n) is 4.54. The Labute approximate surface area is 107 Å². The molecule has 0 saturated carbocycles. The maximum Gasteiger partial charge on any atom is 0.332 e. The second kappa shape index (κ2) is 3.81. The minimum atomic E-state index is -0.391. The lowest BCUT2D eigenvalue weighted by Crippen LogP contribution is -2.37. The van der Waals surface area contributed by atoms with E-state index in [1.807, 2.05) is 6.92 Å². The number of H-pyrrole nitrogens is 1. The fourth-order valence-electron chi connectivity index (χ4n) is 2.30. The molecule has 3 aromatic heterocycles. The average Bonchev–Trinajstić information content (AvgIpc) is 2.94. The molecule has 0 fully saturated rings. The van der Waals surface area contributed by atoms with Gasteiger partial charge in [-0.2, -0.15) is 5.10 Å². The number of hydrogen-bond donors (Lipinski definition) is 1. The molecule has 19 heavy (non-hydrogen) atoms. The van der Waals surface area contributed by atoms with E-state index in [2.05, 4.69) is 15.2 Å². The Morgan fingerprint density at radius 3 is 2.63 bits per heavy atom.